The minimum absolute atomic E-state index is 0.0208. The lowest BCUT2D eigenvalue weighted by atomic mass is 9.96. The topological polar surface area (TPSA) is 87.7 Å². The fourth-order valence-corrected chi connectivity index (χ4v) is 6.11. The van der Waals surface area contributed by atoms with E-state index >= 15 is 0 Å². The first kappa shape index (κ1) is 28.8. The molecule has 10 heteroatoms. The van der Waals surface area contributed by atoms with Crippen LogP contribution in [0.5, 0.6) is 5.75 Å². The molecule has 0 amide bonds. The standard InChI is InChI=1S/C34H27FN4O4S/c1-4-18-43-33(41)29-21(2)36-34-39(31(29)23-12-16-27(42-3)17-13-23)32(40)28(44-34)19-24-20-38(26-8-6-5-7-9-26)37-30(24)22-10-14-25(35)15-11-22/h4-17,19-20,31H,1,18H2,2-3H3/b28-19-. The van der Waals surface area contributed by atoms with E-state index in [1.54, 1.807) is 49.1 Å². The van der Waals surface area contributed by atoms with Crippen LogP contribution >= 0.6 is 11.3 Å². The molecule has 0 aliphatic carbocycles. The molecule has 5 aromatic rings. The highest BCUT2D eigenvalue weighted by molar-refractivity contribution is 7.07. The zero-order valence-corrected chi connectivity index (χ0v) is 24.8. The molecule has 44 heavy (non-hydrogen) atoms. The first-order chi connectivity index (χ1) is 21.4. The summed E-state index contributed by atoms with van der Waals surface area (Å²) in [6, 6.07) is 22.0. The Bertz CT molecular complexity index is 2080. The number of halogens is 1. The van der Waals surface area contributed by atoms with E-state index in [-0.39, 0.29) is 23.6 Å². The van der Waals surface area contributed by atoms with E-state index in [9.17, 15) is 14.0 Å². The normalized spacial score (nSPS) is 14.6. The van der Waals surface area contributed by atoms with Gasteiger partial charge in [0.2, 0.25) is 0 Å². The van der Waals surface area contributed by atoms with Gasteiger partial charge in [0.15, 0.2) is 4.80 Å². The zero-order chi connectivity index (χ0) is 30.8. The Kier molecular flexibility index (Phi) is 7.91. The second-order valence-electron chi connectivity index (χ2n) is 9.96. The summed E-state index contributed by atoms with van der Waals surface area (Å²) in [5.74, 6) is -0.298. The van der Waals surface area contributed by atoms with Crippen LogP contribution < -0.4 is 19.6 Å². The molecule has 1 unspecified atom stereocenters. The molecule has 8 nitrogen and oxygen atoms in total. The molecule has 0 saturated heterocycles. The number of carbonyl (C=O) groups excluding carboxylic acids is 1. The molecular weight excluding hydrogens is 579 g/mol. The molecule has 2 aromatic heterocycles. The number of rotatable bonds is 8. The van der Waals surface area contributed by atoms with Crippen molar-refractivity contribution in [3.05, 3.63) is 146 Å². The molecule has 6 rings (SSSR count). The Morgan fingerprint density at radius 3 is 2.48 bits per heavy atom. The van der Waals surface area contributed by atoms with Gasteiger partial charge in [-0.05, 0) is 67.1 Å². The van der Waals surface area contributed by atoms with E-state index < -0.39 is 12.0 Å². The summed E-state index contributed by atoms with van der Waals surface area (Å²) in [5, 5.41) is 4.79. The predicted octanol–water partition coefficient (Wildman–Crippen LogP) is 4.96. The summed E-state index contributed by atoms with van der Waals surface area (Å²) in [5.41, 5.74) is 3.85. The van der Waals surface area contributed by atoms with E-state index in [2.05, 4.69) is 11.6 Å². The Balaban J connectivity index is 1.54. The van der Waals surface area contributed by atoms with Gasteiger partial charge >= 0.3 is 5.97 Å². The van der Waals surface area contributed by atoms with Gasteiger partial charge in [0, 0.05) is 17.3 Å². The Morgan fingerprint density at radius 2 is 1.80 bits per heavy atom. The number of benzene rings is 3. The van der Waals surface area contributed by atoms with E-state index in [1.165, 1.54) is 34.1 Å². The smallest absolute Gasteiger partial charge is 0.338 e. The van der Waals surface area contributed by atoms with Crippen molar-refractivity contribution in [2.75, 3.05) is 13.7 Å². The molecule has 3 heterocycles. The third kappa shape index (κ3) is 5.43. The van der Waals surface area contributed by atoms with Crippen LogP contribution in [0.15, 0.2) is 119 Å². The average molecular weight is 607 g/mol. The van der Waals surface area contributed by atoms with Gasteiger partial charge in [0.1, 0.15) is 23.9 Å². The fraction of sp³-hybridized carbons (Fsp3) is 0.118. The molecule has 0 bridgehead atoms. The molecule has 0 fully saturated rings. The van der Waals surface area contributed by atoms with Gasteiger partial charge in [-0.2, -0.15) is 5.10 Å². The summed E-state index contributed by atoms with van der Waals surface area (Å²) >= 11 is 1.21. The number of fused-ring (bicyclic) bond motifs is 1. The lowest BCUT2D eigenvalue weighted by Gasteiger charge is -2.24. The van der Waals surface area contributed by atoms with Crippen molar-refractivity contribution in [3.8, 4) is 22.7 Å². The Morgan fingerprint density at radius 1 is 1.07 bits per heavy atom. The van der Waals surface area contributed by atoms with Crippen molar-refractivity contribution in [1.29, 1.82) is 0 Å². The van der Waals surface area contributed by atoms with Crippen LogP contribution in [-0.2, 0) is 9.53 Å². The molecule has 0 N–H and O–H groups in total. The number of esters is 1. The number of ether oxygens (including phenoxy) is 2. The minimum Gasteiger partial charge on any atom is -0.497 e. The lowest BCUT2D eigenvalue weighted by Crippen LogP contribution is -2.39. The van der Waals surface area contributed by atoms with Crippen molar-refractivity contribution in [2.45, 2.75) is 13.0 Å². The number of hydrogen-bond donors (Lipinski definition) is 0. The van der Waals surface area contributed by atoms with Gasteiger partial charge < -0.3 is 9.47 Å². The van der Waals surface area contributed by atoms with Crippen LogP contribution in [0, 0.1) is 5.82 Å². The number of hydrogen-bond acceptors (Lipinski definition) is 7. The summed E-state index contributed by atoms with van der Waals surface area (Å²) in [7, 11) is 1.57. The molecule has 0 spiro atoms. The third-order valence-corrected chi connectivity index (χ3v) is 8.16. The molecule has 1 aliphatic heterocycles. The first-order valence-corrected chi connectivity index (χ1v) is 14.5. The van der Waals surface area contributed by atoms with Crippen LogP contribution in [0.3, 0.4) is 0 Å². The van der Waals surface area contributed by atoms with E-state index in [0.29, 0.717) is 43.2 Å². The number of allylic oxidation sites excluding steroid dienone is 1. The summed E-state index contributed by atoms with van der Waals surface area (Å²) in [6.07, 6.45) is 5.07. The van der Waals surface area contributed by atoms with Crippen LogP contribution in [0.4, 0.5) is 4.39 Å². The molecule has 3 aromatic carbocycles. The quantitative estimate of drug-likeness (QED) is 0.184. The maximum absolute atomic E-state index is 14.2. The maximum Gasteiger partial charge on any atom is 0.338 e. The molecule has 1 aliphatic rings. The van der Waals surface area contributed by atoms with E-state index in [4.69, 9.17) is 14.6 Å². The van der Waals surface area contributed by atoms with Crippen LogP contribution in [-0.4, -0.2) is 34.0 Å². The molecule has 0 radical (unpaired) electrons. The van der Waals surface area contributed by atoms with Gasteiger partial charge in [-0.1, -0.05) is 54.3 Å². The van der Waals surface area contributed by atoms with Crippen molar-refractivity contribution < 1.29 is 18.7 Å². The first-order valence-electron chi connectivity index (χ1n) is 13.7. The number of thiazole rings is 1. The number of nitrogens with zero attached hydrogens (tertiary/aromatic N) is 4. The maximum atomic E-state index is 14.2. The second-order valence-corrected chi connectivity index (χ2v) is 11.0. The minimum atomic E-state index is -0.778. The fourth-order valence-electron chi connectivity index (χ4n) is 5.08. The van der Waals surface area contributed by atoms with Crippen molar-refractivity contribution >= 4 is 23.4 Å². The second kappa shape index (κ2) is 12.1. The van der Waals surface area contributed by atoms with Crippen LogP contribution in [0.1, 0.15) is 24.1 Å². The number of methoxy groups -OCH3 is 1. The average Bonchev–Trinajstić information content (AvgIpc) is 3.60. The van der Waals surface area contributed by atoms with Gasteiger partial charge in [0.25, 0.3) is 5.56 Å². The van der Waals surface area contributed by atoms with Crippen molar-refractivity contribution in [2.24, 2.45) is 4.99 Å². The highest BCUT2D eigenvalue weighted by Crippen LogP contribution is 2.32. The Hall–Kier alpha value is -5.35. The van der Waals surface area contributed by atoms with Crippen LogP contribution in [0.2, 0.25) is 0 Å². The number of carbonyl (C=O) groups is 1. The molecular formula is C34H27FN4O4S. The summed E-state index contributed by atoms with van der Waals surface area (Å²) < 4.78 is 28.2. The lowest BCUT2D eigenvalue weighted by molar-refractivity contribution is -0.138. The summed E-state index contributed by atoms with van der Waals surface area (Å²) in [4.78, 5) is 32.6. The predicted molar refractivity (Wildman–Crippen MR) is 167 cm³/mol. The highest BCUT2D eigenvalue weighted by atomic mass is 32.1. The van der Waals surface area contributed by atoms with E-state index in [1.807, 2.05) is 48.7 Å². The van der Waals surface area contributed by atoms with Gasteiger partial charge in [-0.3, -0.25) is 9.36 Å². The molecule has 1 atom stereocenters. The summed E-state index contributed by atoms with van der Waals surface area (Å²) in [6.45, 7) is 5.38. The molecule has 0 saturated carbocycles. The Labute approximate surface area is 256 Å². The van der Waals surface area contributed by atoms with Gasteiger partial charge in [0.05, 0.1) is 34.6 Å². The van der Waals surface area contributed by atoms with Gasteiger partial charge in [-0.15, -0.1) is 0 Å². The SMILES string of the molecule is C=CCOC(=O)C1=C(C)N=c2s/c(=C\c3cn(-c4ccccc4)nc3-c3ccc(F)cc3)c(=O)n2C1c1ccc(OC)cc1. The van der Waals surface area contributed by atoms with Gasteiger partial charge in [-0.25, -0.2) is 18.9 Å². The van der Waals surface area contributed by atoms with Crippen molar-refractivity contribution in [1.82, 2.24) is 14.3 Å². The molecule has 220 valence electrons. The zero-order valence-electron chi connectivity index (χ0n) is 23.9. The third-order valence-electron chi connectivity index (χ3n) is 7.17. The van der Waals surface area contributed by atoms with E-state index in [0.717, 1.165) is 5.69 Å². The number of aromatic nitrogens is 3. The number of para-hydroxylation sites is 1. The monoisotopic (exact) mass is 606 g/mol. The highest BCUT2D eigenvalue weighted by Gasteiger charge is 2.33. The van der Waals surface area contributed by atoms with Crippen LogP contribution in [0.25, 0.3) is 23.0 Å². The van der Waals surface area contributed by atoms with Crippen molar-refractivity contribution in [3.63, 3.8) is 0 Å². The largest absolute Gasteiger partial charge is 0.497 e.